The highest BCUT2D eigenvalue weighted by Crippen LogP contribution is 2.35. The second-order valence-corrected chi connectivity index (χ2v) is 5.02. The van der Waals surface area contributed by atoms with Crippen LogP contribution in [0.4, 0.5) is 13.2 Å². The molecule has 0 radical (unpaired) electrons. The van der Waals surface area contributed by atoms with E-state index in [2.05, 4.69) is 0 Å². The fourth-order valence-corrected chi connectivity index (χ4v) is 2.53. The topological polar surface area (TPSA) is 23.9 Å². The fourth-order valence-electron chi connectivity index (χ4n) is 2.53. The maximum atomic E-state index is 12.7. The molecule has 0 amide bonds. The Hall–Kier alpha value is -2.10. The van der Waals surface area contributed by atoms with Gasteiger partial charge in [-0.25, -0.2) is 0 Å². The predicted octanol–water partition coefficient (Wildman–Crippen LogP) is 5.32. The summed E-state index contributed by atoms with van der Waals surface area (Å²) in [7, 11) is 0. The number of hydrogen-bond acceptors (Lipinski definition) is 1. The van der Waals surface area contributed by atoms with Gasteiger partial charge in [-0.05, 0) is 66.8 Å². The number of benzene rings is 1. The van der Waals surface area contributed by atoms with Crippen molar-refractivity contribution < 1.29 is 13.2 Å². The van der Waals surface area contributed by atoms with E-state index >= 15 is 0 Å². The van der Waals surface area contributed by atoms with E-state index in [-0.39, 0.29) is 0 Å². The normalized spacial score (nSPS) is 17.8. The summed E-state index contributed by atoms with van der Waals surface area (Å²) in [6.45, 7) is 5.41. The summed E-state index contributed by atoms with van der Waals surface area (Å²) >= 11 is 0. The van der Waals surface area contributed by atoms with Crippen molar-refractivity contribution >= 4 is 11.3 Å². The molecule has 0 bridgehead atoms. The Balaban J connectivity index is 2.56. The van der Waals surface area contributed by atoms with Crippen LogP contribution in [0, 0.1) is 12.3 Å². The molecule has 4 heteroatoms. The Labute approximate surface area is 122 Å². The summed E-state index contributed by atoms with van der Waals surface area (Å²) < 4.78 is 38.2. The van der Waals surface area contributed by atoms with Crippen molar-refractivity contribution in [1.29, 1.82) is 5.41 Å². The summed E-state index contributed by atoms with van der Waals surface area (Å²) in [5, 5.41) is 7.86. The zero-order valence-electron chi connectivity index (χ0n) is 12.1. The molecular formula is C17H16F3N. The van der Waals surface area contributed by atoms with Crippen molar-refractivity contribution in [3.63, 3.8) is 0 Å². The second-order valence-electron chi connectivity index (χ2n) is 5.02. The van der Waals surface area contributed by atoms with Crippen molar-refractivity contribution in [3.05, 3.63) is 64.3 Å². The Morgan fingerprint density at radius 2 is 1.76 bits per heavy atom. The minimum atomic E-state index is -4.33. The molecule has 0 fully saturated rings. The van der Waals surface area contributed by atoms with Crippen molar-refractivity contribution in [1.82, 2.24) is 0 Å². The van der Waals surface area contributed by atoms with Gasteiger partial charge in [0.25, 0.3) is 0 Å². The monoisotopic (exact) mass is 291 g/mol. The first-order valence-electron chi connectivity index (χ1n) is 6.58. The van der Waals surface area contributed by atoms with Gasteiger partial charge in [0.1, 0.15) is 0 Å². The van der Waals surface area contributed by atoms with Gasteiger partial charge in [0.2, 0.25) is 0 Å². The Kier molecular flexibility index (Phi) is 3.90. The van der Waals surface area contributed by atoms with E-state index in [0.29, 0.717) is 11.3 Å². The molecule has 1 aliphatic rings. The standard InChI is InChI=1S/C17H16F3N/c1-4-13-11(3)15(7-8-16(13)21)14-6-5-12(9-10(14)2)17(18,19)20/h4-9,21H,1-3H3/b13-4-,21-16?. The maximum Gasteiger partial charge on any atom is 0.416 e. The molecule has 0 saturated carbocycles. The zero-order valence-corrected chi connectivity index (χ0v) is 12.1. The quantitative estimate of drug-likeness (QED) is 0.723. The lowest BCUT2D eigenvalue weighted by Crippen LogP contribution is -2.08. The SMILES string of the molecule is C/C=C1\C(=N)C=CC(c2ccc(C(F)(F)F)cc2C)=C1C. The molecule has 2 rings (SSSR count). The first kappa shape index (κ1) is 15.3. The second kappa shape index (κ2) is 5.35. The van der Waals surface area contributed by atoms with Crippen molar-refractivity contribution in [2.45, 2.75) is 26.9 Å². The number of alkyl halides is 3. The van der Waals surface area contributed by atoms with Gasteiger partial charge in [-0.15, -0.1) is 0 Å². The summed E-state index contributed by atoms with van der Waals surface area (Å²) in [5.41, 5.74) is 3.71. The lowest BCUT2D eigenvalue weighted by Gasteiger charge is -2.19. The average molecular weight is 291 g/mol. The van der Waals surface area contributed by atoms with Crippen molar-refractivity contribution in [2.75, 3.05) is 0 Å². The molecule has 0 aliphatic heterocycles. The third kappa shape index (κ3) is 2.84. The minimum Gasteiger partial charge on any atom is -0.300 e. The van der Waals surface area contributed by atoms with Gasteiger partial charge < -0.3 is 5.41 Å². The number of hydrogen-bond donors (Lipinski definition) is 1. The smallest absolute Gasteiger partial charge is 0.300 e. The van der Waals surface area contributed by atoms with Crippen LogP contribution < -0.4 is 0 Å². The van der Waals surface area contributed by atoms with Gasteiger partial charge in [-0.2, -0.15) is 13.2 Å². The van der Waals surface area contributed by atoms with Crippen LogP contribution in [0.15, 0.2) is 47.6 Å². The van der Waals surface area contributed by atoms with Crippen molar-refractivity contribution in [2.24, 2.45) is 0 Å². The number of rotatable bonds is 1. The summed E-state index contributed by atoms with van der Waals surface area (Å²) in [5.74, 6) is 0. The van der Waals surface area contributed by atoms with Crippen LogP contribution in [0.25, 0.3) is 5.57 Å². The molecule has 1 aromatic rings. The maximum absolute atomic E-state index is 12.7. The number of nitrogens with one attached hydrogen (secondary N) is 1. The molecule has 1 nitrogen and oxygen atoms in total. The molecule has 0 atom stereocenters. The molecule has 1 N–H and O–H groups in total. The molecular weight excluding hydrogens is 275 g/mol. The highest BCUT2D eigenvalue weighted by molar-refractivity contribution is 6.14. The van der Waals surface area contributed by atoms with E-state index in [4.69, 9.17) is 5.41 Å². The Bertz CT molecular complexity index is 688. The molecule has 0 aromatic heterocycles. The van der Waals surface area contributed by atoms with Crippen molar-refractivity contribution in [3.8, 4) is 0 Å². The van der Waals surface area contributed by atoms with E-state index < -0.39 is 11.7 Å². The molecule has 0 spiro atoms. The average Bonchev–Trinajstić information content (AvgIpc) is 2.39. The van der Waals surface area contributed by atoms with Gasteiger partial charge in [0.15, 0.2) is 0 Å². The first-order chi connectivity index (χ1) is 9.75. The molecule has 0 saturated heterocycles. The largest absolute Gasteiger partial charge is 0.416 e. The van der Waals surface area contributed by atoms with Gasteiger partial charge in [0.05, 0.1) is 11.3 Å². The number of allylic oxidation sites excluding steroid dienone is 6. The van der Waals surface area contributed by atoms with Crippen LogP contribution in [0.2, 0.25) is 0 Å². The Morgan fingerprint density at radius 1 is 1.10 bits per heavy atom. The minimum absolute atomic E-state index is 0.420. The van der Waals surface area contributed by atoms with Crippen LogP contribution in [0.5, 0.6) is 0 Å². The fraction of sp³-hybridized carbons (Fsp3) is 0.235. The van der Waals surface area contributed by atoms with Crippen LogP contribution in [0.1, 0.15) is 30.5 Å². The van der Waals surface area contributed by atoms with E-state index in [0.717, 1.165) is 28.3 Å². The highest BCUT2D eigenvalue weighted by Gasteiger charge is 2.30. The van der Waals surface area contributed by atoms with Crippen LogP contribution in [0.3, 0.4) is 0 Å². The lowest BCUT2D eigenvalue weighted by atomic mass is 9.86. The third-order valence-electron chi connectivity index (χ3n) is 3.65. The van der Waals surface area contributed by atoms with Gasteiger partial charge >= 0.3 is 6.18 Å². The molecule has 1 aliphatic carbocycles. The summed E-state index contributed by atoms with van der Waals surface area (Å²) in [4.78, 5) is 0. The van der Waals surface area contributed by atoms with Gasteiger partial charge in [-0.1, -0.05) is 18.2 Å². The van der Waals surface area contributed by atoms with Crippen LogP contribution in [-0.2, 0) is 6.18 Å². The third-order valence-corrected chi connectivity index (χ3v) is 3.65. The van der Waals surface area contributed by atoms with Crippen LogP contribution >= 0.6 is 0 Å². The van der Waals surface area contributed by atoms with E-state index in [1.807, 2.05) is 19.9 Å². The molecule has 0 unspecified atom stereocenters. The van der Waals surface area contributed by atoms with Gasteiger partial charge in [0, 0.05) is 0 Å². The summed E-state index contributed by atoms with van der Waals surface area (Å²) in [6.07, 6.45) is 0.987. The Morgan fingerprint density at radius 3 is 2.29 bits per heavy atom. The van der Waals surface area contributed by atoms with Gasteiger partial charge in [-0.3, -0.25) is 0 Å². The predicted molar refractivity (Wildman–Crippen MR) is 79.4 cm³/mol. The van der Waals surface area contributed by atoms with Crippen LogP contribution in [-0.4, -0.2) is 5.71 Å². The molecule has 0 heterocycles. The first-order valence-corrected chi connectivity index (χ1v) is 6.58. The number of halogens is 3. The molecule has 21 heavy (non-hydrogen) atoms. The zero-order chi connectivity index (χ0) is 15.8. The lowest BCUT2D eigenvalue weighted by molar-refractivity contribution is -0.137. The molecule has 110 valence electrons. The molecule has 1 aromatic carbocycles. The van der Waals surface area contributed by atoms with E-state index in [1.54, 1.807) is 19.1 Å². The highest BCUT2D eigenvalue weighted by atomic mass is 19.4. The number of aryl methyl sites for hydroxylation is 1. The van der Waals surface area contributed by atoms with E-state index in [9.17, 15) is 13.2 Å². The summed E-state index contributed by atoms with van der Waals surface area (Å²) in [6, 6.07) is 3.77. The van der Waals surface area contributed by atoms with E-state index in [1.165, 1.54) is 12.1 Å².